The van der Waals surface area contributed by atoms with Crippen molar-refractivity contribution in [2.75, 3.05) is 11.5 Å². The van der Waals surface area contributed by atoms with Gasteiger partial charge in [0.15, 0.2) is 16.8 Å². The minimum absolute atomic E-state index is 0.0137. The quantitative estimate of drug-likeness (QED) is 0.624. The molecular weight excluding hydrogens is 248 g/mol. The van der Waals surface area contributed by atoms with Gasteiger partial charge in [0.05, 0.1) is 6.10 Å². The highest BCUT2D eigenvalue weighted by atomic mass is 32.2. The zero-order valence-corrected chi connectivity index (χ0v) is 11.6. The molecule has 1 aliphatic rings. The van der Waals surface area contributed by atoms with Crippen LogP contribution in [0.15, 0.2) is 35.2 Å². The maximum Gasteiger partial charge on any atom is 0.508 e. The van der Waals surface area contributed by atoms with E-state index in [0.717, 1.165) is 17.9 Å². The summed E-state index contributed by atoms with van der Waals surface area (Å²) in [6.45, 7) is 3.65. The van der Waals surface area contributed by atoms with E-state index >= 15 is 0 Å². The zero-order valence-electron chi connectivity index (χ0n) is 10.8. The molecule has 2 atom stereocenters. The standard InChI is InChI=1S/C14H19O3S/c1-11(2)16-14(15)17-12-8-9-18(10-12)13-6-4-3-5-7-13/h3-7,11-12H,8-10H2,1-2H3/q+1. The molecule has 1 aromatic carbocycles. The Balaban J connectivity index is 1.84. The van der Waals surface area contributed by atoms with Gasteiger partial charge in [0.1, 0.15) is 5.75 Å². The van der Waals surface area contributed by atoms with Crippen LogP contribution in [0.2, 0.25) is 0 Å². The van der Waals surface area contributed by atoms with Crippen LogP contribution in [-0.2, 0) is 20.4 Å². The van der Waals surface area contributed by atoms with Crippen LogP contribution in [0.25, 0.3) is 0 Å². The van der Waals surface area contributed by atoms with E-state index in [4.69, 9.17) is 9.47 Å². The fraction of sp³-hybridized carbons (Fsp3) is 0.500. The van der Waals surface area contributed by atoms with Crippen molar-refractivity contribution < 1.29 is 14.3 Å². The number of hydrogen-bond acceptors (Lipinski definition) is 3. The molecule has 0 aromatic heterocycles. The monoisotopic (exact) mass is 267 g/mol. The summed E-state index contributed by atoms with van der Waals surface area (Å²) in [6, 6.07) is 10.4. The molecule has 1 heterocycles. The van der Waals surface area contributed by atoms with Gasteiger partial charge in [-0.1, -0.05) is 18.2 Å². The second-order valence-corrected chi connectivity index (χ2v) is 6.82. The summed E-state index contributed by atoms with van der Waals surface area (Å²) >= 11 is 0. The van der Waals surface area contributed by atoms with Gasteiger partial charge < -0.3 is 9.47 Å². The van der Waals surface area contributed by atoms with Gasteiger partial charge in [-0.05, 0) is 26.0 Å². The van der Waals surface area contributed by atoms with Crippen molar-refractivity contribution in [3.8, 4) is 0 Å². The highest BCUT2D eigenvalue weighted by Crippen LogP contribution is 2.25. The molecule has 1 fully saturated rings. The van der Waals surface area contributed by atoms with Crippen molar-refractivity contribution >= 4 is 17.1 Å². The van der Waals surface area contributed by atoms with Gasteiger partial charge in [-0.3, -0.25) is 0 Å². The smallest absolute Gasteiger partial charge is 0.432 e. The molecule has 18 heavy (non-hydrogen) atoms. The van der Waals surface area contributed by atoms with Crippen molar-refractivity contribution in [3.05, 3.63) is 30.3 Å². The van der Waals surface area contributed by atoms with E-state index < -0.39 is 6.16 Å². The Bertz CT molecular complexity index is 391. The Hall–Kier alpha value is -1.16. The molecule has 0 aliphatic carbocycles. The van der Waals surface area contributed by atoms with Gasteiger partial charge in [0.2, 0.25) is 0 Å². The van der Waals surface area contributed by atoms with Crippen LogP contribution in [0.5, 0.6) is 0 Å². The van der Waals surface area contributed by atoms with Crippen molar-refractivity contribution in [3.63, 3.8) is 0 Å². The average molecular weight is 267 g/mol. The maximum absolute atomic E-state index is 11.4. The summed E-state index contributed by atoms with van der Waals surface area (Å²) in [7, 11) is 0.217. The van der Waals surface area contributed by atoms with E-state index in [2.05, 4.69) is 24.3 Å². The lowest BCUT2D eigenvalue weighted by Crippen LogP contribution is -2.22. The van der Waals surface area contributed by atoms with Crippen LogP contribution in [0.1, 0.15) is 20.3 Å². The minimum Gasteiger partial charge on any atom is -0.432 e. The number of carbonyl (C=O) groups is 1. The number of benzene rings is 1. The summed E-state index contributed by atoms with van der Waals surface area (Å²) in [5, 5.41) is 0. The lowest BCUT2D eigenvalue weighted by Gasteiger charge is -2.11. The van der Waals surface area contributed by atoms with Crippen molar-refractivity contribution in [1.82, 2.24) is 0 Å². The zero-order chi connectivity index (χ0) is 13.0. The first-order valence-corrected chi connectivity index (χ1v) is 7.81. The predicted octanol–water partition coefficient (Wildman–Crippen LogP) is 3.00. The van der Waals surface area contributed by atoms with Crippen LogP contribution < -0.4 is 0 Å². The molecule has 4 heteroatoms. The Kier molecular flexibility index (Phi) is 4.53. The van der Waals surface area contributed by atoms with Gasteiger partial charge in [0.25, 0.3) is 0 Å². The molecule has 98 valence electrons. The molecule has 0 saturated carbocycles. The van der Waals surface area contributed by atoms with Gasteiger partial charge >= 0.3 is 6.16 Å². The van der Waals surface area contributed by atoms with E-state index in [-0.39, 0.29) is 23.1 Å². The number of carbonyl (C=O) groups excluding carboxylic acids is 1. The molecule has 1 saturated heterocycles. The summed E-state index contributed by atoms with van der Waals surface area (Å²) in [4.78, 5) is 12.8. The van der Waals surface area contributed by atoms with Gasteiger partial charge in [-0.15, -0.1) is 0 Å². The molecule has 1 aromatic rings. The van der Waals surface area contributed by atoms with E-state index in [1.54, 1.807) is 0 Å². The molecular formula is C14H19O3S+. The number of hydrogen-bond donors (Lipinski definition) is 0. The van der Waals surface area contributed by atoms with Crippen LogP contribution in [0.3, 0.4) is 0 Å². The van der Waals surface area contributed by atoms with Crippen LogP contribution in [-0.4, -0.2) is 29.9 Å². The first kappa shape index (κ1) is 13.3. The highest BCUT2D eigenvalue weighted by Gasteiger charge is 2.37. The fourth-order valence-corrected chi connectivity index (χ4v) is 4.31. The Morgan fingerprint density at radius 3 is 2.72 bits per heavy atom. The normalized spacial score (nSPS) is 23.1. The van der Waals surface area contributed by atoms with Crippen LogP contribution in [0, 0.1) is 0 Å². The lowest BCUT2D eigenvalue weighted by molar-refractivity contribution is 0.0140. The van der Waals surface area contributed by atoms with Gasteiger partial charge in [-0.2, -0.15) is 0 Å². The van der Waals surface area contributed by atoms with Gasteiger partial charge in [0, 0.05) is 17.3 Å². The molecule has 0 amide bonds. The largest absolute Gasteiger partial charge is 0.508 e. The van der Waals surface area contributed by atoms with E-state index in [0.29, 0.717) is 0 Å². The van der Waals surface area contributed by atoms with E-state index in [9.17, 15) is 4.79 Å². The molecule has 0 spiro atoms. The van der Waals surface area contributed by atoms with Gasteiger partial charge in [-0.25, -0.2) is 4.79 Å². The Morgan fingerprint density at radius 2 is 2.06 bits per heavy atom. The van der Waals surface area contributed by atoms with Crippen LogP contribution in [0.4, 0.5) is 4.79 Å². The molecule has 3 nitrogen and oxygen atoms in total. The third-order valence-electron chi connectivity index (χ3n) is 2.74. The Labute approximate surface area is 111 Å². The summed E-state index contributed by atoms with van der Waals surface area (Å²) in [5.74, 6) is 2.03. The second-order valence-electron chi connectivity index (χ2n) is 4.62. The molecule has 0 radical (unpaired) electrons. The molecule has 0 N–H and O–H groups in total. The SMILES string of the molecule is CC(C)OC(=O)OC1CC[S+](c2ccccc2)C1. The predicted molar refractivity (Wildman–Crippen MR) is 72.9 cm³/mol. The van der Waals surface area contributed by atoms with Crippen molar-refractivity contribution in [2.45, 2.75) is 37.4 Å². The molecule has 2 rings (SSSR count). The molecule has 0 bridgehead atoms. The fourth-order valence-electron chi connectivity index (χ4n) is 1.94. The minimum atomic E-state index is -0.534. The third-order valence-corrected chi connectivity index (χ3v) is 5.19. The first-order valence-electron chi connectivity index (χ1n) is 6.25. The summed E-state index contributed by atoms with van der Waals surface area (Å²) < 4.78 is 10.3. The molecule has 2 unspecified atom stereocenters. The summed E-state index contributed by atoms with van der Waals surface area (Å²) in [6.07, 6.45) is 0.296. The number of ether oxygens (including phenoxy) is 2. The number of rotatable bonds is 3. The summed E-state index contributed by atoms with van der Waals surface area (Å²) in [5.41, 5.74) is 0. The van der Waals surface area contributed by atoms with Crippen LogP contribution >= 0.6 is 0 Å². The second kappa shape index (κ2) is 6.14. The Morgan fingerprint density at radius 1 is 1.33 bits per heavy atom. The van der Waals surface area contributed by atoms with E-state index in [1.165, 1.54) is 4.90 Å². The van der Waals surface area contributed by atoms with Crippen molar-refractivity contribution in [2.24, 2.45) is 0 Å². The molecule has 1 aliphatic heterocycles. The maximum atomic E-state index is 11.4. The van der Waals surface area contributed by atoms with Crippen molar-refractivity contribution in [1.29, 1.82) is 0 Å². The lowest BCUT2D eigenvalue weighted by atomic mass is 10.3. The highest BCUT2D eigenvalue weighted by molar-refractivity contribution is 7.97. The average Bonchev–Trinajstić information content (AvgIpc) is 2.77. The van der Waals surface area contributed by atoms with E-state index in [1.807, 2.05) is 19.9 Å². The topological polar surface area (TPSA) is 35.5 Å². The third kappa shape index (κ3) is 3.67. The first-order chi connectivity index (χ1) is 8.65.